The highest BCUT2D eigenvalue weighted by Crippen LogP contribution is 2.08. The first-order valence-corrected chi connectivity index (χ1v) is 5.45. The van der Waals surface area contributed by atoms with E-state index in [1.54, 1.807) is 26.8 Å². The standard InChI is InChI=1S/C12H21NO4/c1-6-7-9(10(14)16-5)8-13-11(15)17-12(2,3)4/h6,9H,1,7-8H2,2-5H3,(H,13,15). The van der Waals surface area contributed by atoms with E-state index in [4.69, 9.17) is 4.74 Å². The second-order valence-corrected chi connectivity index (χ2v) is 4.63. The summed E-state index contributed by atoms with van der Waals surface area (Å²) in [5, 5.41) is 2.53. The van der Waals surface area contributed by atoms with Gasteiger partial charge in [0.15, 0.2) is 0 Å². The van der Waals surface area contributed by atoms with Crippen molar-refractivity contribution >= 4 is 12.1 Å². The number of carbonyl (C=O) groups is 2. The van der Waals surface area contributed by atoms with Gasteiger partial charge in [-0.2, -0.15) is 0 Å². The van der Waals surface area contributed by atoms with Gasteiger partial charge >= 0.3 is 12.1 Å². The molecule has 5 nitrogen and oxygen atoms in total. The molecular formula is C12H21NO4. The largest absolute Gasteiger partial charge is 0.469 e. The Morgan fingerprint density at radius 3 is 2.41 bits per heavy atom. The summed E-state index contributed by atoms with van der Waals surface area (Å²) < 4.78 is 9.67. The van der Waals surface area contributed by atoms with Crippen LogP contribution in [0.3, 0.4) is 0 Å². The second-order valence-electron chi connectivity index (χ2n) is 4.63. The van der Waals surface area contributed by atoms with Crippen LogP contribution in [0.25, 0.3) is 0 Å². The van der Waals surface area contributed by atoms with Gasteiger partial charge in [-0.1, -0.05) is 6.08 Å². The van der Waals surface area contributed by atoms with Crippen molar-refractivity contribution in [1.29, 1.82) is 0 Å². The van der Waals surface area contributed by atoms with E-state index in [1.165, 1.54) is 7.11 Å². The van der Waals surface area contributed by atoms with Crippen LogP contribution in [0.4, 0.5) is 4.79 Å². The van der Waals surface area contributed by atoms with E-state index >= 15 is 0 Å². The molecular weight excluding hydrogens is 222 g/mol. The first-order valence-electron chi connectivity index (χ1n) is 5.45. The van der Waals surface area contributed by atoms with Crippen molar-refractivity contribution in [2.75, 3.05) is 13.7 Å². The van der Waals surface area contributed by atoms with E-state index in [9.17, 15) is 9.59 Å². The number of ether oxygens (including phenoxy) is 2. The molecule has 1 unspecified atom stereocenters. The molecule has 0 heterocycles. The fourth-order valence-electron chi connectivity index (χ4n) is 1.15. The lowest BCUT2D eigenvalue weighted by atomic mass is 10.1. The molecule has 0 aliphatic heterocycles. The Kier molecular flexibility index (Phi) is 6.31. The van der Waals surface area contributed by atoms with Crippen LogP contribution in [0.15, 0.2) is 12.7 Å². The van der Waals surface area contributed by atoms with Crippen LogP contribution in [0.1, 0.15) is 27.2 Å². The van der Waals surface area contributed by atoms with Crippen LogP contribution in [0, 0.1) is 5.92 Å². The highest BCUT2D eigenvalue weighted by molar-refractivity contribution is 5.74. The Balaban J connectivity index is 4.17. The zero-order valence-corrected chi connectivity index (χ0v) is 10.9. The molecule has 0 bridgehead atoms. The predicted molar refractivity (Wildman–Crippen MR) is 64.6 cm³/mol. The average Bonchev–Trinajstić information content (AvgIpc) is 2.20. The molecule has 0 saturated carbocycles. The first-order chi connectivity index (χ1) is 7.80. The van der Waals surface area contributed by atoms with Crippen molar-refractivity contribution in [1.82, 2.24) is 5.32 Å². The summed E-state index contributed by atoms with van der Waals surface area (Å²) in [7, 11) is 1.31. The number of rotatable bonds is 5. The highest BCUT2D eigenvalue weighted by atomic mass is 16.6. The highest BCUT2D eigenvalue weighted by Gasteiger charge is 2.21. The number of esters is 1. The lowest BCUT2D eigenvalue weighted by molar-refractivity contribution is -0.145. The van der Waals surface area contributed by atoms with Crippen LogP contribution in [0.5, 0.6) is 0 Å². The maximum absolute atomic E-state index is 11.4. The number of hydrogen-bond donors (Lipinski definition) is 1. The molecule has 98 valence electrons. The number of hydrogen-bond acceptors (Lipinski definition) is 4. The third kappa shape index (κ3) is 7.38. The second kappa shape index (κ2) is 6.93. The molecule has 0 spiro atoms. The molecule has 0 saturated heterocycles. The van der Waals surface area contributed by atoms with Crippen molar-refractivity contribution in [3.8, 4) is 0 Å². The molecule has 1 atom stereocenters. The lowest BCUT2D eigenvalue weighted by Gasteiger charge is -2.20. The molecule has 0 aliphatic rings. The van der Waals surface area contributed by atoms with E-state index in [2.05, 4.69) is 16.6 Å². The summed E-state index contributed by atoms with van der Waals surface area (Å²) in [4.78, 5) is 22.7. The molecule has 0 aromatic carbocycles. The van der Waals surface area contributed by atoms with Gasteiger partial charge in [-0.15, -0.1) is 6.58 Å². The Hall–Kier alpha value is -1.52. The molecule has 0 aromatic rings. The molecule has 0 rings (SSSR count). The van der Waals surface area contributed by atoms with E-state index in [1.807, 2.05) is 0 Å². The summed E-state index contributed by atoms with van der Waals surface area (Å²) >= 11 is 0. The van der Waals surface area contributed by atoms with Gasteiger partial charge in [0, 0.05) is 6.54 Å². The predicted octanol–water partition coefficient (Wildman–Crippen LogP) is 1.88. The maximum atomic E-state index is 11.4. The zero-order chi connectivity index (χ0) is 13.5. The van der Waals surface area contributed by atoms with Gasteiger partial charge in [0.2, 0.25) is 0 Å². The zero-order valence-electron chi connectivity index (χ0n) is 10.9. The van der Waals surface area contributed by atoms with E-state index in [0.29, 0.717) is 6.42 Å². The van der Waals surface area contributed by atoms with Crippen LogP contribution < -0.4 is 5.32 Å². The van der Waals surface area contributed by atoms with Crippen LogP contribution in [0.2, 0.25) is 0 Å². The normalized spacial score (nSPS) is 12.5. The molecule has 5 heteroatoms. The van der Waals surface area contributed by atoms with Gasteiger partial charge in [-0.3, -0.25) is 4.79 Å². The van der Waals surface area contributed by atoms with Gasteiger partial charge in [0.05, 0.1) is 13.0 Å². The summed E-state index contributed by atoms with van der Waals surface area (Å²) in [6.45, 7) is 9.04. The molecule has 0 aromatic heterocycles. The SMILES string of the molecule is C=CCC(CNC(=O)OC(C)(C)C)C(=O)OC. The molecule has 0 aliphatic carbocycles. The van der Waals surface area contributed by atoms with E-state index in [0.717, 1.165) is 0 Å². The molecule has 1 N–H and O–H groups in total. The van der Waals surface area contributed by atoms with Crippen molar-refractivity contribution in [2.24, 2.45) is 5.92 Å². The van der Waals surface area contributed by atoms with Gasteiger partial charge in [0.25, 0.3) is 0 Å². The number of methoxy groups -OCH3 is 1. The Labute approximate surface area is 102 Å². The van der Waals surface area contributed by atoms with Gasteiger partial charge in [-0.05, 0) is 27.2 Å². The third-order valence-electron chi connectivity index (χ3n) is 1.88. The number of carbonyl (C=O) groups excluding carboxylic acids is 2. The minimum atomic E-state index is -0.552. The van der Waals surface area contributed by atoms with Crippen LogP contribution >= 0.6 is 0 Å². The van der Waals surface area contributed by atoms with Crippen LogP contribution in [-0.2, 0) is 14.3 Å². The van der Waals surface area contributed by atoms with Crippen molar-refractivity contribution < 1.29 is 19.1 Å². The molecule has 0 fully saturated rings. The fraction of sp³-hybridized carbons (Fsp3) is 0.667. The minimum absolute atomic E-state index is 0.174. The van der Waals surface area contributed by atoms with Crippen molar-refractivity contribution in [3.05, 3.63) is 12.7 Å². The third-order valence-corrected chi connectivity index (χ3v) is 1.88. The minimum Gasteiger partial charge on any atom is -0.469 e. The van der Waals surface area contributed by atoms with Crippen LogP contribution in [-0.4, -0.2) is 31.3 Å². The smallest absolute Gasteiger partial charge is 0.407 e. The summed E-state index contributed by atoms with van der Waals surface area (Å²) in [6, 6.07) is 0. The van der Waals surface area contributed by atoms with E-state index < -0.39 is 17.6 Å². The topological polar surface area (TPSA) is 64.6 Å². The van der Waals surface area contributed by atoms with Crippen molar-refractivity contribution in [3.63, 3.8) is 0 Å². The summed E-state index contributed by atoms with van der Waals surface area (Å²) in [5.74, 6) is -0.800. The molecule has 1 amide bonds. The summed E-state index contributed by atoms with van der Waals surface area (Å²) in [6.07, 6.45) is 1.51. The van der Waals surface area contributed by atoms with Crippen molar-refractivity contribution in [2.45, 2.75) is 32.8 Å². The maximum Gasteiger partial charge on any atom is 0.407 e. The Morgan fingerprint density at radius 2 is 2.00 bits per heavy atom. The molecule has 17 heavy (non-hydrogen) atoms. The van der Waals surface area contributed by atoms with Gasteiger partial charge < -0.3 is 14.8 Å². The Bertz CT molecular complexity index is 281. The fourth-order valence-corrected chi connectivity index (χ4v) is 1.15. The lowest BCUT2D eigenvalue weighted by Crippen LogP contribution is -2.37. The number of alkyl carbamates (subject to hydrolysis) is 1. The molecule has 0 radical (unpaired) electrons. The number of allylic oxidation sites excluding steroid dienone is 1. The number of amides is 1. The monoisotopic (exact) mass is 243 g/mol. The Morgan fingerprint density at radius 1 is 1.41 bits per heavy atom. The average molecular weight is 243 g/mol. The summed E-state index contributed by atoms with van der Waals surface area (Å²) in [5.41, 5.74) is -0.552. The number of nitrogens with one attached hydrogen (secondary N) is 1. The van der Waals surface area contributed by atoms with E-state index in [-0.39, 0.29) is 12.5 Å². The quantitative estimate of drug-likeness (QED) is 0.591. The first kappa shape index (κ1) is 15.5. The van der Waals surface area contributed by atoms with Gasteiger partial charge in [0.1, 0.15) is 5.60 Å². The van der Waals surface area contributed by atoms with Gasteiger partial charge in [-0.25, -0.2) is 4.79 Å².